The molecule has 0 N–H and O–H groups in total. The number of aromatic nitrogens is 1. The van der Waals surface area contributed by atoms with E-state index in [1.54, 1.807) is 21.3 Å². The maximum Gasteiger partial charge on any atom is 0.220 e. The average molecular weight is 425 g/mol. The number of aryl methyl sites for hydroxylation is 2. The molecule has 0 aliphatic carbocycles. The van der Waals surface area contributed by atoms with Gasteiger partial charge in [0.15, 0.2) is 17.7 Å². The van der Waals surface area contributed by atoms with Crippen LogP contribution >= 0.6 is 0 Å². The summed E-state index contributed by atoms with van der Waals surface area (Å²) in [4.78, 5) is 0. The first-order chi connectivity index (χ1) is 15.6. The van der Waals surface area contributed by atoms with Gasteiger partial charge in [-0.1, -0.05) is 48.5 Å². The molecule has 4 heteroatoms. The summed E-state index contributed by atoms with van der Waals surface area (Å²) in [5.41, 5.74) is 4.39. The zero-order valence-electron chi connectivity index (χ0n) is 19.0. The first kappa shape index (κ1) is 20.1. The van der Waals surface area contributed by atoms with Crippen molar-refractivity contribution in [1.82, 2.24) is 0 Å². The predicted octanol–water partition coefficient (Wildman–Crippen LogP) is 5.97. The largest absolute Gasteiger partial charge is 0.496 e. The van der Waals surface area contributed by atoms with Crippen molar-refractivity contribution in [3.05, 3.63) is 72.4 Å². The van der Waals surface area contributed by atoms with Crippen LogP contribution in [0, 0.1) is 6.92 Å². The molecule has 0 aliphatic heterocycles. The van der Waals surface area contributed by atoms with Crippen molar-refractivity contribution < 1.29 is 18.8 Å². The van der Waals surface area contributed by atoms with E-state index in [0.717, 1.165) is 49.9 Å². The van der Waals surface area contributed by atoms with Crippen molar-refractivity contribution in [2.45, 2.75) is 6.92 Å². The van der Waals surface area contributed by atoms with Crippen molar-refractivity contribution in [2.75, 3.05) is 21.3 Å². The lowest BCUT2D eigenvalue weighted by Gasteiger charge is -2.17. The fourth-order valence-electron chi connectivity index (χ4n) is 4.86. The molecule has 0 atom stereocenters. The van der Waals surface area contributed by atoms with Gasteiger partial charge in [-0.15, -0.1) is 0 Å². The number of hydrogen-bond donors (Lipinski definition) is 0. The number of ether oxygens (including phenoxy) is 3. The molecule has 5 aromatic rings. The molecule has 0 radical (unpaired) electrons. The molecule has 0 spiro atoms. The zero-order chi connectivity index (χ0) is 22.4. The first-order valence-electron chi connectivity index (χ1n) is 10.6. The van der Waals surface area contributed by atoms with E-state index in [1.807, 2.05) is 18.2 Å². The lowest BCUT2D eigenvalue weighted by molar-refractivity contribution is -0.642. The number of rotatable bonds is 4. The van der Waals surface area contributed by atoms with Crippen LogP contribution in [0.2, 0.25) is 0 Å². The lowest BCUT2D eigenvalue weighted by Crippen LogP contribution is -2.28. The number of nitrogens with zero attached hydrogens (tertiary/aromatic N) is 1. The summed E-state index contributed by atoms with van der Waals surface area (Å²) >= 11 is 0. The van der Waals surface area contributed by atoms with E-state index in [0.29, 0.717) is 5.75 Å². The van der Waals surface area contributed by atoms with E-state index in [1.165, 1.54) is 10.8 Å². The molecule has 0 unspecified atom stereocenters. The third-order valence-electron chi connectivity index (χ3n) is 6.26. The maximum atomic E-state index is 5.84. The van der Waals surface area contributed by atoms with Gasteiger partial charge in [-0.05, 0) is 30.2 Å². The second-order valence-electron chi connectivity index (χ2n) is 8.03. The predicted molar refractivity (Wildman–Crippen MR) is 130 cm³/mol. The van der Waals surface area contributed by atoms with E-state index >= 15 is 0 Å². The molecule has 0 saturated carbocycles. The van der Waals surface area contributed by atoms with E-state index in [4.69, 9.17) is 14.2 Å². The minimum absolute atomic E-state index is 0.716. The highest BCUT2D eigenvalue weighted by atomic mass is 16.5. The van der Waals surface area contributed by atoms with Crippen molar-refractivity contribution in [1.29, 1.82) is 0 Å². The fourth-order valence-corrected chi connectivity index (χ4v) is 4.86. The Kier molecular flexibility index (Phi) is 4.86. The quantitative estimate of drug-likeness (QED) is 0.263. The topological polar surface area (TPSA) is 31.6 Å². The standard InChI is InChI=1S/C28H26NO3/c1-17-11-12-19-21-14-13-20-22(26(21)29(2)16-23(19)27(17)31-4)15-24(30-3)28(32-5)25(20)18-9-7-6-8-10-18/h6-16H,1-5H3/q+1. The van der Waals surface area contributed by atoms with Gasteiger partial charge in [-0.2, -0.15) is 4.57 Å². The zero-order valence-corrected chi connectivity index (χ0v) is 19.0. The van der Waals surface area contributed by atoms with Crippen LogP contribution in [0.5, 0.6) is 17.2 Å². The fraction of sp³-hybridized carbons (Fsp3) is 0.179. The van der Waals surface area contributed by atoms with Crippen molar-refractivity contribution in [3.63, 3.8) is 0 Å². The highest BCUT2D eigenvalue weighted by Crippen LogP contribution is 2.46. The van der Waals surface area contributed by atoms with Crippen LogP contribution in [0.25, 0.3) is 43.6 Å². The molecule has 5 rings (SSSR count). The van der Waals surface area contributed by atoms with Crippen LogP contribution in [-0.4, -0.2) is 21.3 Å². The van der Waals surface area contributed by atoms with Crippen molar-refractivity contribution in [2.24, 2.45) is 7.05 Å². The number of fused-ring (bicyclic) bond motifs is 5. The van der Waals surface area contributed by atoms with Crippen LogP contribution < -0.4 is 18.8 Å². The third kappa shape index (κ3) is 2.87. The summed E-state index contributed by atoms with van der Waals surface area (Å²) in [6.07, 6.45) is 2.15. The Balaban J connectivity index is 1.99. The molecule has 4 aromatic carbocycles. The van der Waals surface area contributed by atoms with Gasteiger partial charge in [0.25, 0.3) is 0 Å². The number of hydrogen-bond acceptors (Lipinski definition) is 3. The molecule has 160 valence electrons. The second kappa shape index (κ2) is 7.72. The molecule has 0 amide bonds. The molecule has 0 saturated heterocycles. The molecule has 0 bridgehead atoms. The van der Waals surface area contributed by atoms with Gasteiger partial charge in [0.1, 0.15) is 12.8 Å². The summed E-state index contributed by atoms with van der Waals surface area (Å²) in [5, 5.41) is 5.67. The van der Waals surface area contributed by atoms with Crippen LogP contribution in [0.1, 0.15) is 5.56 Å². The SMILES string of the molecule is COc1cc2c(ccc3c4ccc(C)c(OC)c4c[n+](C)c23)c(-c2ccccc2)c1OC. The molecule has 32 heavy (non-hydrogen) atoms. The third-order valence-corrected chi connectivity index (χ3v) is 6.26. The summed E-state index contributed by atoms with van der Waals surface area (Å²) in [7, 11) is 7.20. The smallest absolute Gasteiger partial charge is 0.220 e. The highest BCUT2D eigenvalue weighted by Gasteiger charge is 2.23. The molecule has 1 heterocycles. The number of methoxy groups -OCH3 is 3. The van der Waals surface area contributed by atoms with Crippen LogP contribution in [0.4, 0.5) is 0 Å². The van der Waals surface area contributed by atoms with Gasteiger partial charge >= 0.3 is 0 Å². The van der Waals surface area contributed by atoms with Crippen LogP contribution in [-0.2, 0) is 7.05 Å². The molecule has 0 aliphatic rings. The lowest BCUT2D eigenvalue weighted by atomic mass is 9.93. The normalized spacial score (nSPS) is 11.3. The van der Waals surface area contributed by atoms with E-state index < -0.39 is 0 Å². The number of pyridine rings is 1. The second-order valence-corrected chi connectivity index (χ2v) is 8.03. The van der Waals surface area contributed by atoms with E-state index in [2.05, 4.69) is 67.2 Å². The van der Waals surface area contributed by atoms with Crippen LogP contribution in [0.3, 0.4) is 0 Å². The molecule has 0 fully saturated rings. The maximum absolute atomic E-state index is 5.84. The monoisotopic (exact) mass is 424 g/mol. The summed E-state index contributed by atoms with van der Waals surface area (Å²) in [6.45, 7) is 2.08. The van der Waals surface area contributed by atoms with Gasteiger partial charge in [0.05, 0.1) is 37.5 Å². The number of benzene rings is 4. The Morgan fingerprint density at radius 2 is 1.34 bits per heavy atom. The van der Waals surface area contributed by atoms with Gasteiger partial charge in [0.2, 0.25) is 5.52 Å². The summed E-state index contributed by atoms with van der Waals surface area (Å²) in [6, 6.07) is 21.1. The molecule has 1 aromatic heterocycles. The summed E-state index contributed by atoms with van der Waals surface area (Å²) < 4.78 is 19.5. The molecular weight excluding hydrogens is 398 g/mol. The summed E-state index contributed by atoms with van der Waals surface area (Å²) in [5.74, 6) is 2.37. The Morgan fingerprint density at radius 3 is 2.03 bits per heavy atom. The Bertz CT molecular complexity index is 1490. The Morgan fingerprint density at radius 1 is 0.656 bits per heavy atom. The Labute approximate surface area is 187 Å². The van der Waals surface area contributed by atoms with Crippen molar-refractivity contribution >= 4 is 32.4 Å². The van der Waals surface area contributed by atoms with Crippen LogP contribution in [0.15, 0.2) is 66.9 Å². The van der Waals surface area contributed by atoms with E-state index in [-0.39, 0.29) is 0 Å². The Hall–Kier alpha value is -3.79. The van der Waals surface area contributed by atoms with Gasteiger partial charge in [0, 0.05) is 16.3 Å². The van der Waals surface area contributed by atoms with Gasteiger partial charge in [-0.3, -0.25) is 0 Å². The minimum atomic E-state index is 0.716. The molecular formula is C28H26NO3+. The van der Waals surface area contributed by atoms with Crippen molar-refractivity contribution in [3.8, 4) is 28.4 Å². The van der Waals surface area contributed by atoms with Gasteiger partial charge < -0.3 is 14.2 Å². The average Bonchev–Trinajstić information content (AvgIpc) is 2.82. The minimum Gasteiger partial charge on any atom is -0.496 e. The molecule has 4 nitrogen and oxygen atoms in total. The van der Waals surface area contributed by atoms with E-state index in [9.17, 15) is 0 Å². The first-order valence-corrected chi connectivity index (χ1v) is 10.6. The van der Waals surface area contributed by atoms with Gasteiger partial charge in [-0.25, -0.2) is 0 Å². The highest BCUT2D eigenvalue weighted by molar-refractivity contribution is 6.18.